The van der Waals surface area contributed by atoms with Crippen molar-refractivity contribution >= 4 is 21.6 Å². The van der Waals surface area contributed by atoms with Crippen LogP contribution in [0.4, 0.5) is 5.69 Å². The van der Waals surface area contributed by atoms with Gasteiger partial charge >= 0.3 is 0 Å². The average Bonchev–Trinajstić information content (AvgIpc) is 2.90. The number of nitrogens with one attached hydrogen (secondary N) is 1. The molecule has 6 nitrogen and oxygen atoms in total. The molecular formula is C30H34N2O4S. The maximum Gasteiger partial charge on any atom is 0.264 e. The second-order valence-corrected chi connectivity index (χ2v) is 12.0. The summed E-state index contributed by atoms with van der Waals surface area (Å²) in [6.07, 6.45) is 4.35. The van der Waals surface area contributed by atoms with Crippen LogP contribution in [-0.4, -0.2) is 27.0 Å². The van der Waals surface area contributed by atoms with E-state index in [0.29, 0.717) is 11.4 Å². The molecule has 0 fully saturated rings. The third-order valence-electron chi connectivity index (χ3n) is 7.39. The molecule has 0 saturated heterocycles. The molecule has 2 atom stereocenters. The maximum absolute atomic E-state index is 13.7. The van der Waals surface area contributed by atoms with Gasteiger partial charge in [-0.05, 0) is 92.5 Å². The second-order valence-electron chi connectivity index (χ2n) is 10.1. The number of rotatable bonds is 6. The van der Waals surface area contributed by atoms with Crippen molar-refractivity contribution in [3.63, 3.8) is 0 Å². The van der Waals surface area contributed by atoms with Crippen LogP contribution in [0.25, 0.3) is 0 Å². The lowest BCUT2D eigenvalue weighted by Crippen LogP contribution is -2.51. The minimum Gasteiger partial charge on any atom is -0.476 e. The van der Waals surface area contributed by atoms with Crippen LogP contribution in [0.5, 0.6) is 5.75 Å². The Bertz CT molecular complexity index is 1420. The first kappa shape index (κ1) is 25.3. The highest BCUT2D eigenvalue weighted by molar-refractivity contribution is 7.92. The van der Waals surface area contributed by atoms with Crippen LogP contribution in [0.3, 0.4) is 0 Å². The van der Waals surface area contributed by atoms with Crippen molar-refractivity contribution in [2.45, 2.75) is 69.9 Å². The lowest BCUT2D eigenvalue weighted by Gasteiger charge is -2.35. The van der Waals surface area contributed by atoms with Gasteiger partial charge in [0.15, 0.2) is 6.10 Å². The Hall–Kier alpha value is -3.32. The Labute approximate surface area is 219 Å². The molecule has 1 aliphatic carbocycles. The number of hydrogen-bond donors (Lipinski definition) is 1. The monoisotopic (exact) mass is 518 g/mol. The van der Waals surface area contributed by atoms with Crippen molar-refractivity contribution in [3.8, 4) is 5.75 Å². The number of amides is 1. The predicted molar refractivity (Wildman–Crippen MR) is 146 cm³/mol. The van der Waals surface area contributed by atoms with E-state index in [1.54, 1.807) is 36.4 Å². The number of anilines is 1. The van der Waals surface area contributed by atoms with Gasteiger partial charge in [0.05, 0.1) is 23.2 Å². The van der Waals surface area contributed by atoms with Crippen molar-refractivity contribution in [2.75, 3.05) is 10.8 Å². The molecule has 5 rings (SSSR count). The van der Waals surface area contributed by atoms with Crippen molar-refractivity contribution < 1.29 is 17.9 Å². The summed E-state index contributed by atoms with van der Waals surface area (Å²) in [6.45, 7) is 5.77. The minimum atomic E-state index is -3.89. The summed E-state index contributed by atoms with van der Waals surface area (Å²) in [5.74, 6) is 0.0738. The largest absolute Gasteiger partial charge is 0.476 e. The van der Waals surface area contributed by atoms with Gasteiger partial charge in [-0.15, -0.1) is 0 Å². The molecule has 3 aromatic rings. The van der Waals surface area contributed by atoms with Crippen molar-refractivity contribution in [1.29, 1.82) is 0 Å². The number of ether oxygens (including phenoxy) is 1. The zero-order valence-corrected chi connectivity index (χ0v) is 22.5. The summed E-state index contributed by atoms with van der Waals surface area (Å²) in [5.41, 5.74) is 6.18. The van der Waals surface area contributed by atoms with E-state index < -0.39 is 16.1 Å². The number of sulfonamides is 1. The summed E-state index contributed by atoms with van der Waals surface area (Å²) < 4.78 is 34.8. The molecule has 0 aromatic heterocycles. The minimum absolute atomic E-state index is 0.0985. The summed E-state index contributed by atoms with van der Waals surface area (Å²) in [4.78, 5) is 13.7. The third-order valence-corrected chi connectivity index (χ3v) is 9.18. The van der Waals surface area contributed by atoms with Crippen molar-refractivity contribution in [2.24, 2.45) is 0 Å². The summed E-state index contributed by atoms with van der Waals surface area (Å²) in [7, 11) is -3.89. The van der Waals surface area contributed by atoms with E-state index in [-0.39, 0.29) is 23.4 Å². The fourth-order valence-corrected chi connectivity index (χ4v) is 6.69. The number of hydrogen-bond acceptors (Lipinski definition) is 4. The first-order valence-corrected chi connectivity index (χ1v) is 14.5. The second kappa shape index (κ2) is 10.2. The van der Waals surface area contributed by atoms with Crippen LogP contribution >= 0.6 is 0 Å². The highest BCUT2D eigenvalue weighted by Crippen LogP contribution is 2.38. The van der Waals surface area contributed by atoms with Crippen LogP contribution in [-0.2, 0) is 27.7 Å². The molecule has 194 valence electrons. The molecule has 1 amide bonds. The Kier molecular flexibility index (Phi) is 6.99. The molecule has 7 heteroatoms. The summed E-state index contributed by atoms with van der Waals surface area (Å²) >= 11 is 0. The number of fused-ring (bicyclic) bond motifs is 2. The Morgan fingerprint density at radius 1 is 0.973 bits per heavy atom. The Morgan fingerprint density at radius 2 is 1.68 bits per heavy atom. The SMILES string of the molecule is CC[C@H](NC(=O)[C@H]1CN(S(=O)(=O)c2ccc(C)cc2)c2ccc(C)cc2O1)c1ccc2c(c1)CCCC2. The van der Waals surface area contributed by atoms with Crippen molar-refractivity contribution in [3.05, 3.63) is 88.5 Å². The average molecular weight is 519 g/mol. The van der Waals surface area contributed by atoms with Crippen LogP contribution in [0.1, 0.15) is 60.0 Å². The van der Waals surface area contributed by atoms with Gasteiger partial charge in [-0.1, -0.05) is 48.9 Å². The molecule has 37 heavy (non-hydrogen) atoms. The molecular weight excluding hydrogens is 484 g/mol. The molecule has 1 N–H and O–H groups in total. The molecule has 0 radical (unpaired) electrons. The van der Waals surface area contributed by atoms with Crippen LogP contribution in [0.15, 0.2) is 65.6 Å². The summed E-state index contributed by atoms with van der Waals surface area (Å²) in [5, 5.41) is 3.14. The number of aryl methyl sites for hydroxylation is 4. The fourth-order valence-electron chi connectivity index (χ4n) is 5.22. The van der Waals surface area contributed by atoms with E-state index >= 15 is 0 Å². The number of carbonyl (C=O) groups is 1. The van der Waals surface area contributed by atoms with E-state index in [9.17, 15) is 13.2 Å². The van der Waals surface area contributed by atoms with Crippen molar-refractivity contribution in [1.82, 2.24) is 5.32 Å². The number of nitrogens with zero attached hydrogens (tertiary/aromatic N) is 1. The summed E-state index contributed by atoms with van der Waals surface area (Å²) in [6, 6.07) is 18.5. The molecule has 1 heterocycles. The lowest BCUT2D eigenvalue weighted by atomic mass is 9.88. The first-order valence-electron chi connectivity index (χ1n) is 13.0. The van der Waals surface area contributed by atoms with Crippen LogP contribution < -0.4 is 14.4 Å². The number of benzene rings is 3. The first-order chi connectivity index (χ1) is 17.8. The van der Waals surface area contributed by atoms with Crippen LogP contribution in [0, 0.1) is 13.8 Å². The molecule has 0 bridgehead atoms. The van der Waals surface area contributed by atoms with E-state index in [1.165, 1.54) is 28.3 Å². The van der Waals surface area contributed by atoms with Gasteiger partial charge in [0.25, 0.3) is 15.9 Å². The van der Waals surface area contributed by atoms with Gasteiger partial charge in [-0.3, -0.25) is 9.10 Å². The lowest BCUT2D eigenvalue weighted by molar-refractivity contribution is -0.128. The predicted octanol–water partition coefficient (Wildman–Crippen LogP) is 5.41. The number of carbonyl (C=O) groups excluding carboxylic acids is 1. The molecule has 1 aliphatic heterocycles. The molecule has 3 aromatic carbocycles. The zero-order chi connectivity index (χ0) is 26.2. The van der Waals surface area contributed by atoms with Gasteiger partial charge in [0.2, 0.25) is 0 Å². The highest BCUT2D eigenvalue weighted by Gasteiger charge is 2.38. The normalized spacial score (nSPS) is 17.8. The van der Waals surface area contributed by atoms with Gasteiger partial charge in [-0.25, -0.2) is 8.42 Å². The maximum atomic E-state index is 13.7. The van der Waals surface area contributed by atoms with Gasteiger partial charge < -0.3 is 10.1 Å². The quantitative estimate of drug-likeness (QED) is 0.474. The van der Waals surface area contributed by atoms with E-state index in [0.717, 1.165) is 36.0 Å². The van der Waals surface area contributed by atoms with E-state index in [1.807, 2.05) is 26.8 Å². The van der Waals surface area contributed by atoms with Gasteiger partial charge in [0, 0.05) is 0 Å². The topological polar surface area (TPSA) is 75.7 Å². The smallest absolute Gasteiger partial charge is 0.264 e. The zero-order valence-electron chi connectivity index (χ0n) is 21.7. The van der Waals surface area contributed by atoms with E-state index in [4.69, 9.17) is 4.74 Å². The molecule has 0 spiro atoms. The molecule has 0 unspecified atom stereocenters. The Balaban J connectivity index is 1.42. The standard InChI is InChI=1S/C30H34N2O4S/c1-4-26(24-13-12-22-7-5-6-8-23(22)18-24)31-30(33)29-19-32(27-16-11-21(3)17-28(27)36-29)37(34,35)25-14-9-20(2)10-15-25/h9-18,26,29H,4-8,19H2,1-3H3,(H,31,33)/t26-,29+/m0/s1. The molecule has 2 aliphatic rings. The molecule has 0 saturated carbocycles. The fraction of sp³-hybridized carbons (Fsp3) is 0.367. The van der Waals surface area contributed by atoms with Gasteiger partial charge in [0.1, 0.15) is 5.75 Å². The Morgan fingerprint density at radius 3 is 2.41 bits per heavy atom. The van der Waals surface area contributed by atoms with Crippen LogP contribution in [0.2, 0.25) is 0 Å². The highest BCUT2D eigenvalue weighted by atomic mass is 32.2. The van der Waals surface area contributed by atoms with E-state index in [2.05, 4.69) is 23.5 Å². The van der Waals surface area contributed by atoms with Gasteiger partial charge in [-0.2, -0.15) is 0 Å². The third kappa shape index (κ3) is 5.10.